The van der Waals surface area contributed by atoms with E-state index in [1.54, 1.807) is 24.3 Å². The summed E-state index contributed by atoms with van der Waals surface area (Å²) in [6.45, 7) is 4.60. The first-order valence-corrected chi connectivity index (χ1v) is 15.0. The number of benzene rings is 2. The molecule has 0 N–H and O–H groups in total. The van der Waals surface area contributed by atoms with Crippen LogP contribution in [0.5, 0.6) is 0 Å². The number of aromatic nitrogens is 2. The van der Waals surface area contributed by atoms with Crippen molar-refractivity contribution < 1.29 is 35.9 Å². The van der Waals surface area contributed by atoms with E-state index in [1.807, 2.05) is 23.9 Å². The van der Waals surface area contributed by atoms with Crippen LogP contribution in [0.4, 0.5) is 38.0 Å². The van der Waals surface area contributed by atoms with Crippen LogP contribution in [0.2, 0.25) is 0 Å². The van der Waals surface area contributed by atoms with Gasteiger partial charge in [0.1, 0.15) is 0 Å². The van der Waals surface area contributed by atoms with E-state index in [0.717, 1.165) is 0 Å². The molecule has 3 heterocycles. The lowest BCUT2D eigenvalue weighted by molar-refractivity contribution is -0.170. The monoisotopic (exact) mass is 654 g/mol. The van der Waals surface area contributed by atoms with E-state index in [0.29, 0.717) is 72.9 Å². The number of fused-ring (bicyclic) bond motifs is 2. The summed E-state index contributed by atoms with van der Waals surface area (Å²) in [5.74, 6) is -5.23. The Bertz CT molecular complexity index is 1440. The van der Waals surface area contributed by atoms with Gasteiger partial charge in [-0.15, -0.1) is 10.2 Å². The minimum Gasteiger partial charge on any atom is -0.304 e. The molecule has 46 heavy (non-hydrogen) atoms. The van der Waals surface area contributed by atoms with Crippen LogP contribution in [0, 0.1) is 0 Å². The van der Waals surface area contributed by atoms with Crippen LogP contribution in [0.25, 0.3) is 21.5 Å². The molecule has 0 bridgehead atoms. The highest BCUT2D eigenvalue weighted by Gasteiger charge is 2.46. The fourth-order valence-corrected chi connectivity index (χ4v) is 5.75. The summed E-state index contributed by atoms with van der Waals surface area (Å²) in [6, 6.07) is 9.72. The maximum Gasteiger partial charge on any atom is 0.471 e. The zero-order chi connectivity index (χ0) is 33.2. The second-order valence-electron chi connectivity index (χ2n) is 11.8. The molecule has 0 atom stereocenters. The van der Waals surface area contributed by atoms with Crippen molar-refractivity contribution in [1.29, 1.82) is 0 Å². The van der Waals surface area contributed by atoms with Crippen LogP contribution >= 0.6 is 0 Å². The van der Waals surface area contributed by atoms with E-state index >= 15 is 0 Å². The highest BCUT2D eigenvalue weighted by atomic mass is 19.4. The van der Waals surface area contributed by atoms with Gasteiger partial charge in [-0.1, -0.05) is 24.3 Å². The van der Waals surface area contributed by atoms with Gasteiger partial charge in [0.05, 0.1) is 0 Å². The third kappa shape index (κ3) is 7.67. The Morgan fingerprint density at radius 1 is 0.652 bits per heavy atom. The molecule has 2 amide bonds. The molecule has 2 aliphatic heterocycles. The van der Waals surface area contributed by atoms with Crippen molar-refractivity contribution in [2.24, 2.45) is 0 Å². The third-order valence-electron chi connectivity index (χ3n) is 8.57. The van der Waals surface area contributed by atoms with Gasteiger partial charge in [-0.3, -0.25) is 29.2 Å². The standard InChI is InChI=1S/C30H36F6N8O2/c1-39-7-11-41(12-8-39)15-17-43(27(45)29(31,32)33)25-23-19-21-5-3-4-6-22(21)20-24(23)26(38-37-25)44(28(46)30(34,35)36)18-16-42-13-9-40(2)10-14-42/h3-6,19-20H,7-18H2,1-2H3. The van der Waals surface area contributed by atoms with Gasteiger partial charge in [0.2, 0.25) is 0 Å². The predicted molar refractivity (Wildman–Crippen MR) is 162 cm³/mol. The van der Waals surface area contributed by atoms with Gasteiger partial charge in [0.15, 0.2) is 11.6 Å². The van der Waals surface area contributed by atoms with Crippen molar-refractivity contribution in [2.75, 3.05) is 102 Å². The SMILES string of the molecule is CN1CCN(CCN(C(=O)C(F)(F)F)c2nnc(N(CCN3CCN(C)CC3)C(=O)C(F)(F)F)c3cc4ccccc4cc23)CC1. The van der Waals surface area contributed by atoms with Crippen LogP contribution in [-0.2, 0) is 9.59 Å². The molecule has 2 saturated heterocycles. The summed E-state index contributed by atoms with van der Waals surface area (Å²) in [7, 11) is 3.87. The molecule has 0 unspecified atom stereocenters. The van der Waals surface area contributed by atoms with Gasteiger partial charge in [-0.05, 0) is 37.0 Å². The molecule has 16 heteroatoms. The number of piperazine rings is 2. The maximum absolute atomic E-state index is 14.0. The lowest BCUT2D eigenvalue weighted by Crippen LogP contribution is -2.50. The molecule has 0 aliphatic carbocycles. The molecule has 2 aliphatic rings. The smallest absolute Gasteiger partial charge is 0.304 e. The van der Waals surface area contributed by atoms with Gasteiger partial charge in [-0.2, -0.15) is 26.3 Å². The van der Waals surface area contributed by atoms with Crippen LogP contribution in [-0.4, -0.2) is 147 Å². The van der Waals surface area contributed by atoms with E-state index in [-0.39, 0.29) is 37.0 Å². The fraction of sp³-hybridized carbons (Fsp3) is 0.533. The van der Waals surface area contributed by atoms with Crippen molar-refractivity contribution >= 4 is 45.0 Å². The topological polar surface area (TPSA) is 79.4 Å². The first-order chi connectivity index (χ1) is 21.7. The summed E-state index contributed by atoms with van der Waals surface area (Å²) in [6.07, 6.45) is -10.5. The summed E-state index contributed by atoms with van der Waals surface area (Å²) in [5.41, 5.74) is 0. The largest absolute Gasteiger partial charge is 0.471 e. The lowest BCUT2D eigenvalue weighted by atomic mass is 10.0. The normalized spacial score (nSPS) is 17.9. The minimum absolute atomic E-state index is 0.0285. The van der Waals surface area contributed by atoms with E-state index in [1.165, 1.54) is 12.1 Å². The van der Waals surface area contributed by atoms with Crippen molar-refractivity contribution in [3.8, 4) is 0 Å². The molecule has 5 rings (SSSR count). The van der Waals surface area contributed by atoms with Gasteiger partial charge < -0.3 is 9.80 Å². The minimum atomic E-state index is -5.26. The first kappa shape index (κ1) is 33.8. The zero-order valence-electron chi connectivity index (χ0n) is 25.6. The van der Waals surface area contributed by atoms with Crippen LogP contribution in [0.3, 0.4) is 0 Å². The van der Waals surface area contributed by atoms with Crippen molar-refractivity contribution in [2.45, 2.75) is 12.4 Å². The second-order valence-corrected chi connectivity index (χ2v) is 11.8. The van der Waals surface area contributed by atoms with E-state index in [4.69, 9.17) is 0 Å². The van der Waals surface area contributed by atoms with Crippen molar-refractivity contribution in [3.05, 3.63) is 36.4 Å². The van der Waals surface area contributed by atoms with E-state index < -0.39 is 35.8 Å². The summed E-state index contributed by atoms with van der Waals surface area (Å²) in [5, 5.41) is 8.98. The number of carbonyl (C=O) groups excluding carboxylic acids is 2. The molecule has 2 aromatic carbocycles. The number of likely N-dealkylation sites (N-methyl/N-ethyl adjacent to an activating group) is 2. The number of carbonyl (C=O) groups is 2. The Morgan fingerprint density at radius 3 is 1.33 bits per heavy atom. The van der Waals surface area contributed by atoms with E-state index in [9.17, 15) is 35.9 Å². The molecular formula is C30H36F6N8O2. The average molecular weight is 655 g/mol. The van der Waals surface area contributed by atoms with Crippen LogP contribution in [0.15, 0.2) is 36.4 Å². The summed E-state index contributed by atoms with van der Waals surface area (Å²) in [4.78, 5) is 34.7. The zero-order valence-corrected chi connectivity index (χ0v) is 25.6. The molecule has 250 valence electrons. The Hall–Kier alpha value is -3.60. The second kappa shape index (κ2) is 13.6. The van der Waals surface area contributed by atoms with E-state index in [2.05, 4.69) is 20.0 Å². The van der Waals surface area contributed by atoms with Gasteiger partial charge >= 0.3 is 24.2 Å². The van der Waals surface area contributed by atoms with Gasteiger partial charge in [0, 0.05) is 89.3 Å². The predicted octanol–water partition coefficient (Wildman–Crippen LogP) is 3.07. The number of nitrogens with zero attached hydrogens (tertiary/aromatic N) is 8. The summed E-state index contributed by atoms with van der Waals surface area (Å²) < 4.78 is 83.7. The molecule has 0 radical (unpaired) electrons. The molecule has 10 nitrogen and oxygen atoms in total. The maximum atomic E-state index is 14.0. The van der Waals surface area contributed by atoms with Gasteiger partial charge in [-0.25, -0.2) is 0 Å². The fourth-order valence-electron chi connectivity index (χ4n) is 5.75. The highest BCUT2D eigenvalue weighted by Crippen LogP contribution is 2.36. The Balaban J connectivity index is 1.60. The first-order valence-electron chi connectivity index (χ1n) is 15.0. The average Bonchev–Trinajstić information content (AvgIpc) is 3.01. The number of alkyl halides is 6. The quantitative estimate of drug-likeness (QED) is 0.271. The Morgan fingerprint density at radius 2 is 1.00 bits per heavy atom. The van der Waals surface area contributed by atoms with Crippen LogP contribution < -0.4 is 9.80 Å². The number of hydrogen-bond donors (Lipinski definition) is 0. The highest BCUT2D eigenvalue weighted by molar-refractivity contribution is 6.13. The molecular weight excluding hydrogens is 618 g/mol. The number of amides is 2. The molecule has 2 fully saturated rings. The summed E-state index contributed by atoms with van der Waals surface area (Å²) >= 11 is 0. The van der Waals surface area contributed by atoms with Crippen molar-refractivity contribution in [3.63, 3.8) is 0 Å². The number of anilines is 2. The molecule has 0 saturated carbocycles. The third-order valence-corrected chi connectivity index (χ3v) is 8.57. The van der Waals surface area contributed by atoms with Crippen LogP contribution in [0.1, 0.15) is 0 Å². The molecule has 0 spiro atoms. The lowest BCUT2D eigenvalue weighted by Gasteiger charge is -2.34. The molecule has 3 aromatic rings. The number of hydrogen-bond acceptors (Lipinski definition) is 8. The Kier molecular flexibility index (Phi) is 10.0. The van der Waals surface area contributed by atoms with Gasteiger partial charge in [0.25, 0.3) is 0 Å². The van der Waals surface area contributed by atoms with Crippen molar-refractivity contribution in [1.82, 2.24) is 29.8 Å². The number of rotatable bonds is 8. The molecule has 1 aromatic heterocycles. The Labute approximate surface area is 262 Å². The number of halogens is 6.